The van der Waals surface area contributed by atoms with Crippen LogP contribution < -0.4 is 29.6 Å². The van der Waals surface area contributed by atoms with Crippen molar-refractivity contribution in [1.29, 1.82) is 0 Å². The topological polar surface area (TPSA) is 77.4 Å². The van der Waals surface area contributed by atoms with Gasteiger partial charge in [0.1, 0.15) is 0 Å². The zero-order valence-corrected chi connectivity index (χ0v) is 23.2. The number of rotatable bonds is 22. The zero-order chi connectivity index (χ0) is 21.8. The first-order valence-corrected chi connectivity index (χ1v) is 14.0. The second-order valence-electron chi connectivity index (χ2n) is 8.99. The molecule has 0 saturated carbocycles. The molecular weight excluding hydrogens is 407 g/mol. The van der Waals surface area contributed by atoms with Crippen molar-refractivity contribution in [2.45, 2.75) is 154 Å². The zero-order valence-electron chi connectivity index (χ0n) is 20.4. The molecule has 0 amide bonds. The largest absolute Gasteiger partial charge is 1.00 e. The van der Waals surface area contributed by atoms with Crippen molar-refractivity contribution in [3.63, 3.8) is 0 Å². The Labute approximate surface area is 210 Å². The van der Waals surface area contributed by atoms with Gasteiger partial charge in [-0.05, 0) is 19.8 Å². The van der Waals surface area contributed by atoms with E-state index >= 15 is 0 Å². The van der Waals surface area contributed by atoms with Crippen LogP contribution in [-0.4, -0.2) is 29.4 Å². The van der Waals surface area contributed by atoms with Crippen LogP contribution in [0.15, 0.2) is 0 Å². The third-order valence-electron chi connectivity index (χ3n) is 5.99. The van der Waals surface area contributed by atoms with Gasteiger partial charge >= 0.3 is 29.6 Å². The van der Waals surface area contributed by atoms with E-state index in [1.807, 2.05) is 0 Å². The van der Waals surface area contributed by atoms with Crippen molar-refractivity contribution in [3.05, 3.63) is 0 Å². The summed E-state index contributed by atoms with van der Waals surface area (Å²) in [5.74, 6) is 0. The van der Waals surface area contributed by atoms with Gasteiger partial charge in [0, 0.05) is 5.25 Å². The molecule has 0 rings (SSSR count). The summed E-state index contributed by atoms with van der Waals surface area (Å²) in [5.41, 5.74) is 0. The van der Waals surface area contributed by atoms with Crippen molar-refractivity contribution >= 4 is 10.1 Å². The van der Waals surface area contributed by atoms with Crippen molar-refractivity contribution < 1.29 is 47.6 Å². The monoisotopic (exact) mass is 456 g/mol. The van der Waals surface area contributed by atoms with Crippen LogP contribution in [0.3, 0.4) is 0 Å². The van der Waals surface area contributed by atoms with Crippen molar-refractivity contribution in [2.24, 2.45) is 0 Å². The maximum Gasteiger partial charge on any atom is 1.00 e. The molecule has 6 heteroatoms. The number of hydrogen-bond acceptors (Lipinski definition) is 4. The summed E-state index contributed by atoms with van der Waals surface area (Å²) >= 11 is 0. The van der Waals surface area contributed by atoms with Gasteiger partial charge in [0.25, 0.3) is 0 Å². The molecule has 2 atom stereocenters. The van der Waals surface area contributed by atoms with Gasteiger partial charge in [-0.2, -0.15) is 0 Å². The molecule has 0 heterocycles. The van der Waals surface area contributed by atoms with Crippen LogP contribution in [0.2, 0.25) is 0 Å². The Morgan fingerprint density at radius 1 is 0.667 bits per heavy atom. The maximum atomic E-state index is 10.8. The first-order valence-electron chi connectivity index (χ1n) is 12.5. The first kappa shape index (κ1) is 33.0. The Kier molecular flexibility index (Phi) is 25.4. The van der Waals surface area contributed by atoms with E-state index in [0.29, 0.717) is 6.42 Å². The molecule has 0 fully saturated rings. The third kappa shape index (κ3) is 23.5. The van der Waals surface area contributed by atoms with E-state index in [-0.39, 0.29) is 36.0 Å². The Morgan fingerprint density at radius 2 is 0.967 bits per heavy atom. The summed E-state index contributed by atoms with van der Waals surface area (Å²) in [6.45, 7) is 3.65. The number of aliphatic hydroxyl groups is 1. The molecule has 0 aromatic heterocycles. The molecular formula is C24H49NaO4S. The number of aliphatic hydroxyl groups excluding tert-OH is 1. The average molecular weight is 457 g/mol. The van der Waals surface area contributed by atoms with E-state index in [2.05, 4.69) is 6.92 Å². The van der Waals surface area contributed by atoms with Crippen molar-refractivity contribution in [2.75, 3.05) is 0 Å². The molecule has 0 aromatic carbocycles. The van der Waals surface area contributed by atoms with Gasteiger partial charge in [0.2, 0.25) is 0 Å². The van der Waals surface area contributed by atoms with Gasteiger partial charge in [0.05, 0.1) is 16.2 Å². The van der Waals surface area contributed by atoms with Crippen LogP contribution in [0.4, 0.5) is 0 Å². The van der Waals surface area contributed by atoms with Gasteiger partial charge in [-0.25, -0.2) is 8.42 Å². The molecule has 0 aromatic rings. The van der Waals surface area contributed by atoms with Gasteiger partial charge in [-0.1, -0.05) is 122 Å². The maximum absolute atomic E-state index is 10.8. The first-order chi connectivity index (χ1) is 13.9. The van der Waals surface area contributed by atoms with Gasteiger partial charge in [0.15, 0.2) is 0 Å². The molecule has 0 aliphatic carbocycles. The molecule has 0 spiro atoms. The fourth-order valence-corrected chi connectivity index (χ4v) is 4.36. The average Bonchev–Trinajstić information content (AvgIpc) is 2.66. The quantitative estimate of drug-likeness (QED) is 0.151. The smallest absolute Gasteiger partial charge is 0.748 e. The van der Waals surface area contributed by atoms with Gasteiger partial charge < -0.3 is 9.66 Å². The predicted molar refractivity (Wildman–Crippen MR) is 123 cm³/mol. The molecule has 0 aliphatic rings. The molecule has 4 nitrogen and oxygen atoms in total. The fraction of sp³-hybridized carbons (Fsp3) is 1.00. The fourth-order valence-electron chi connectivity index (χ4n) is 3.90. The summed E-state index contributed by atoms with van der Waals surface area (Å²) in [6, 6.07) is 0. The van der Waals surface area contributed by atoms with E-state index in [1.165, 1.54) is 110 Å². The molecule has 30 heavy (non-hydrogen) atoms. The Balaban J connectivity index is 0. The van der Waals surface area contributed by atoms with Crippen molar-refractivity contribution in [3.8, 4) is 0 Å². The SMILES string of the molecule is CCCCCCCCCCCCCCCCCCCCC(O)CC(C)S(=O)(=O)[O-].[Na+]. The van der Waals surface area contributed by atoms with Crippen LogP contribution in [-0.2, 0) is 10.1 Å². The van der Waals surface area contributed by atoms with E-state index in [4.69, 9.17) is 0 Å². The summed E-state index contributed by atoms with van der Waals surface area (Å²) in [4.78, 5) is 0. The van der Waals surface area contributed by atoms with E-state index < -0.39 is 21.5 Å². The molecule has 0 bridgehead atoms. The van der Waals surface area contributed by atoms with E-state index in [1.54, 1.807) is 0 Å². The third-order valence-corrected chi connectivity index (χ3v) is 7.17. The summed E-state index contributed by atoms with van der Waals surface area (Å²) in [6.07, 6.45) is 23.9. The Morgan fingerprint density at radius 3 is 1.27 bits per heavy atom. The molecule has 0 saturated heterocycles. The van der Waals surface area contributed by atoms with Crippen LogP contribution in [0, 0.1) is 0 Å². The normalized spacial score (nSPS) is 13.7. The predicted octanol–water partition coefficient (Wildman–Crippen LogP) is 4.11. The number of hydrogen-bond donors (Lipinski definition) is 1. The van der Waals surface area contributed by atoms with Crippen LogP contribution in [0.1, 0.15) is 142 Å². The minimum absolute atomic E-state index is 0. The molecule has 2 unspecified atom stereocenters. The second kappa shape index (κ2) is 23.0. The van der Waals surface area contributed by atoms with Gasteiger partial charge in [-0.15, -0.1) is 0 Å². The Hall–Kier alpha value is 0.870. The van der Waals surface area contributed by atoms with Gasteiger partial charge in [-0.3, -0.25) is 0 Å². The van der Waals surface area contributed by atoms with E-state index in [0.717, 1.165) is 12.8 Å². The molecule has 0 radical (unpaired) electrons. The molecule has 176 valence electrons. The van der Waals surface area contributed by atoms with Crippen LogP contribution >= 0.6 is 0 Å². The standard InChI is InChI=1S/C24H50O4S.Na/c1-3-4-5-6-7-8-9-10-11-12-13-14-15-16-17-18-19-20-21-24(25)22-23(2)29(26,27)28;/h23-25H,3-22H2,1-2H3,(H,26,27,28);/q;+1/p-1. The van der Waals surface area contributed by atoms with Crippen LogP contribution in [0.5, 0.6) is 0 Å². The summed E-state index contributed by atoms with van der Waals surface area (Å²) in [7, 11) is -4.27. The van der Waals surface area contributed by atoms with Crippen LogP contribution in [0.25, 0.3) is 0 Å². The molecule has 0 aliphatic heterocycles. The minimum atomic E-state index is -4.27. The molecule has 1 N–H and O–H groups in total. The Bertz CT molecular complexity index is 442. The summed E-state index contributed by atoms with van der Waals surface area (Å²) < 4.78 is 32.5. The second-order valence-corrected chi connectivity index (χ2v) is 10.8. The summed E-state index contributed by atoms with van der Waals surface area (Å²) in [5, 5.41) is 8.82. The van der Waals surface area contributed by atoms with E-state index in [9.17, 15) is 18.1 Å². The van der Waals surface area contributed by atoms with Crippen molar-refractivity contribution in [1.82, 2.24) is 0 Å². The minimum Gasteiger partial charge on any atom is -0.748 e. The number of unbranched alkanes of at least 4 members (excludes halogenated alkanes) is 17.